The maximum Gasteiger partial charge on any atom is 0.178 e. The van der Waals surface area contributed by atoms with Gasteiger partial charge in [-0.05, 0) is 36.4 Å². The van der Waals surface area contributed by atoms with Crippen LogP contribution in [0.2, 0.25) is 0 Å². The van der Waals surface area contributed by atoms with Crippen LogP contribution in [-0.2, 0) is 6.61 Å². The van der Waals surface area contributed by atoms with Gasteiger partial charge in [-0.25, -0.2) is 4.39 Å². The first-order valence-electron chi connectivity index (χ1n) is 8.59. The first-order chi connectivity index (χ1) is 13.8. The summed E-state index contributed by atoms with van der Waals surface area (Å²) in [6.07, 6.45) is 1.72. The first kappa shape index (κ1) is 16.2. The molecule has 0 saturated heterocycles. The Labute approximate surface area is 158 Å². The Kier molecular flexibility index (Phi) is 3.86. The number of pyridine rings is 1. The van der Waals surface area contributed by atoms with Crippen molar-refractivity contribution in [1.82, 2.24) is 20.3 Å². The largest absolute Gasteiger partial charge is 0.487 e. The van der Waals surface area contributed by atoms with Crippen LogP contribution in [0.25, 0.3) is 22.0 Å². The topological polar surface area (TPSA) is 88.9 Å². The van der Waals surface area contributed by atoms with E-state index in [9.17, 15) is 4.39 Å². The molecule has 0 amide bonds. The van der Waals surface area contributed by atoms with Gasteiger partial charge < -0.3 is 14.6 Å². The van der Waals surface area contributed by atoms with Crippen molar-refractivity contribution in [3.8, 4) is 5.75 Å². The van der Waals surface area contributed by atoms with Gasteiger partial charge in [0.25, 0.3) is 0 Å². The zero-order valence-corrected chi connectivity index (χ0v) is 14.5. The van der Waals surface area contributed by atoms with Crippen LogP contribution in [0.1, 0.15) is 5.69 Å². The zero-order valence-electron chi connectivity index (χ0n) is 14.5. The highest BCUT2D eigenvalue weighted by Gasteiger charge is 2.12. The average molecular weight is 375 g/mol. The van der Waals surface area contributed by atoms with Gasteiger partial charge in [-0.1, -0.05) is 11.2 Å². The molecule has 138 valence electrons. The fraction of sp³-hybridized carbons (Fsp3) is 0.0500. The Morgan fingerprint density at radius 2 is 2.07 bits per heavy atom. The van der Waals surface area contributed by atoms with Gasteiger partial charge in [-0.2, -0.15) is 5.10 Å². The molecule has 0 fully saturated rings. The fourth-order valence-corrected chi connectivity index (χ4v) is 2.96. The van der Waals surface area contributed by atoms with Gasteiger partial charge in [0.1, 0.15) is 29.4 Å². The van der Waals surface area contributed by atoms with Crippen LogP contribution in [0.3, 0.4) is 0 Å². The van der Waals surface area contributed by atoms with Crippen LogP contribution in [-0.4, -0.2) is 20.3 Å². The van der Waals surface area contributed by atoms with E-state index in [0.29, 0.717) is 22.8 Å². The highest BCUT2D eigenvalue weighted by atomic mass is 19.1. The van der Waals surface area contributed by atoms with E-state index in [-0.39, 0.29) is 12.4 Å². The number of fused-ring (bicyclic) bond motifs is 2. The highest BCUT2D eigenvalue weighted by Crippen LogP contribution is 2.27. The number of aromatic nitrogens is 4. The predicted octanol–water partition coefficient (Wildman–Crippen LogP) is 4.56. The van der Waals surface area contributed by atoms with Gasteiger partial charge in [-0.15, -0.1) is 0 Å². The van der Waals surface area contributed by atoms with Crippen LogP contribution < -0.4 is 10.1 Å². The number of ether oxygens (including phenoxy) is 1. The lowest BCUT2D eigenvalue weighted by molar-refractivity contribution is 0.291. The molecule has 2 N–H and O–H groups in total. The molecule has 0 aliphatic heterocycles. The fourth-order valence-electron chi connectivity index (χ4n) is 2.96. The molecule has 0 spiro atoms. The van der Waals surface area contributed by atoms with Crippen molar-refractivity contribution in [2.45, 2.75) is 6.61 Å². The Morgan fingerprint density at radius 1 is 1.11 bits per heavy atom. The molecule has 5 aromatic rings. The Balaban J connectivity index is 1.37. The molecule has 28 heavy (non-hydrogen) atoms. The summed E-state index contributed by atoms with van der Waals surface area (Å²) in [5, 5.41) is 15.3. The summed E-state index contributed by atoms with van der Waals surface area (Å²) < 4.78 is 24.3. The van der Waals surface area contributed by atoms with E-state index in [1.807, 2.05) is 30.3 Å². The molecule has 0 bridgehead atoms. The summed E-state index contributed by atoms with van der Waals surface area (Å²) in [6, 6.07) is 15.3. The Morgan fingerprint density at radius 3 is 3.00 bits per heavy atom. The van der Waals surface area contributed by atoms with Crippen LogP contribution >= 0.6 is 0 Å². The minimum Gasteiger partial charge on any atom is -0.487 e. The van der Waals surface area contributed by atoms with E-state index >= 15 is 0 Å². The number of hydrogen-bond donors (Lipinski definition) is 2. The molecule has 2 aromatic carbocycles. The van der Waals surface area contributed by atoms with Crippen molar-refractivity contribution in [2.75, 3.05) is 5.32 Å². The molecule has 0 radical (unpaired) electrons. The molecule has 0 saturated carbocycles. The number of rotatable bonds is 5. The van der Waals surface area contributed by atoms with E-state index in [4.69, 9.17) is 9.26 Å². The second-order valence-corrected chi connectivity index (χ2v) is 6.18. The third-order valence-electron chi connectivity index (χ3n) is 4.30. The lowest BCUT2D eigenvalue weighted by atomic mass is 10.2. The maximum atomic E-state index is 13.3. The Hall–Kier alpha value is -3.94. The molecule has 3 heterocycles. The molecule has 5 rings (SSSR count). The normalized spacial score (nSPS) is 11.2. The van der Waals surface area contributed by atoms with Crippen LogP contribution in [0.4, 0.5) is 15.9 Å². The monoisotopic (exact) mass is 375 g/mol. The van der Waals surface area contributed by atoms with E-state index in [0.717, 1.165) is 22.1 Å². The summed E-state index contributed by atoms with van der Waals surface area (Å²) >= 11 is 0. The van der Waals surface area contributed by atoms with E-state index in [2.05, 4.69) is 25.7 Å². The van der Waals surface area contributed by atoms with Crippen molar-refractivity contribution in [3.05, 3.63) is 72.3 Å². The second kappa shape index (κ2) is 6.66. The van der Waals surface area contributed by atoms with E-state index in [1.54, 1.807) is 18.3 Å². The van der Waals surface area contributed by atoms with Crippen molar-refractivity contribution in [1.29, 1.82) is 0 Å². The molecule has 0 aliphatic carbocycles. The van der Waals surface area contributed by atoms with Gasteiger partial charge in [-0.3, -0.25) is 10.1 Å². The number of nitrogens with zero attached hydrogens (tertiary/aromatic N) is 3. The number of halogens is 1. The lowest BCUT2D eigenvalue weighted by Gasteiger charge is -2.04. The molecule has 3 aromatic heterocycles. The number of nitrogens with one attached hydrogen (secondary N) is 2. The zero-order chi connectivity index (χ0) is 18.9. The number of hydrogen-bond acceptors (Lipinski definition) is 6. The van der Waals surface area contributed by atoms with Crippen molar-refractivity contribution in [2.24, 2.45) is 0 Å². The van der Waals surface area contributed by atoms with Gasteiger partial charge in [0.05, 0.1) is 5.52 Å². The molecule has 0 aliphatic rings. The standard InChI is InChI=1S/C20H14FN5O2/c21-12-3-1-4-14(9-12)27-11-17-15-7-6-13(10-18(15)28-26-17)23-20-19-16(24-25-20)5-2-8-22-19/h1-10H,11H2,(H2,23,24,25). The highest BCUT2D eigenvalue weighted by molar-refractivity contribution is 5.89. The van der Waals surface area contributed by atoms with Gasteiger partial charge >= 0.3 is 0 Å². The van der Waals surface area contributed by atoms with Crippen molar-refractivity contribution < 1.29 is 13.7 Å². The predicted molar refractivity (Wildman–Crippen MR) is 102 cm³/mol. The summed E-state index contributed by atoms with van der Waals surface area (Å²) in [6.45, 7) is 0.178. The summed E-state index contributed by atoms with van der Waals surface area (Å²) in [7, 11) is 0. The molecule has 0 unspecified atom stereocenters. The lowest BCUT2D eigenvalue weighted by Crippen LogP contribution is -1.96. The Bertz CT molecular complexity index is 1280. The van der Waals surface area contributed by atoms with Crippen LogP contribution in [0.15, 0.2) is 65.3 Å². The summed E-state index contributed by atoms with van der Waals surface area (Å²) in [4.78, 5) is 4.33. The number of benzene rings is 2. The third kappa shape index (κ3) is 3.01. The van der Waals surface area contributed by atoms with Crippen molar-refractivity contribution in [3.63, 3.8) is 0 Å². The van der Waals surface area contributed by atoms with E-state index in [1.165, 1.54) is 12.1 Å². The van der Waals surface area contributed by atoms with Crippen LogP contribution in [0, 0.1) is 5.82 Å². The first-order valence-corrected chi connectivity index (χ1v) is 8.59. The second-order valence-electron chi connectivity index (χ2n) is 6.18. The third-order valence-corrected chi connectivity index (χ3v) is 4.30. The minimum absolute atomic E-state index is 0.178. The average Bonchev–Trinajstić information content (AvgIpc) is 3.31. The molecule has 0 atom stereocenters. The summed E-state index contributed by atoms with van der Waals surface area (Å²) in [5.74, 6) is 0.718. The van der Waals surface area contributed by atoms with Gasteiger partial charge in [0, 0.05) is 29.4 Å². The maximum absolute atomic E-state index is 13.3. The SMILES string of the molecule is Fc1cccc(OCc2noc3cc(Nc4n[nH]c5cccnc45)ccc23)c1. The molecule has 8 heteroatoms. The molecular formula is C20H14FN5O2. The van der Waals surface area contributed by atoms with Crippen molar-refractivity contribution >= 4 is 33.5 Å². The quantitative estimate of drug-likeness (QED) is 0.468. The summed E-state index contributed by atoms with van der Waals surface area (Å²) in [5.41, 5.74) is 3.64. The number of H-pyrrole nitrogens is 1. The molecular weight excluding hydrogens is 361 g/mol. The molecule has 7 nitrogen and oxygen atoms in total. The number of aromatic amines is 1. The van der Waals surface area contributed by atoms with E-state index < -0.39 is 0 Å². The smallest absolute Gasteiger partial charge is 0.178 e. The van der Waals surface area contributed by atoms with Gasteiger partial charge in [0.15, 0.2) is 11.4 Å². The van der Waals surface area contributed by atoms with Crippen LogP contribution in [0.5, 0.6) is 5.75 Å². The minimum atomic E-state index is -0.349. The van der Waals surface area contributed by atoms with Gasteiger partial charge in [0.2, 0.25) is 0 Å². The number of anilines is 2.